The number of benzene rings is 2. The topological polar surface area (TPSA) is 48.0 Å². The van der Waals surface area contributed by atoms with Crippen LogP contribution in [0.1, 0.15) is 29.8 Å². The monoisotopic (exact) mass is 302 g/mol. The number of aromatic nitrogens is 1. The van der Waals surface area contributed by atoms with Crippen LogP contribution < -0.4 is 11.3 Å². The summed E-state index contributed by atoms with van der Waals surface area (Å²) < 4.78 is 1.59. The van der Waals surface area contributed by atoms with Crippen LogP contribution in [0.4, 0.5) is 0 Å². The molecular weight excluding hydrogens is 284 g/mol. The minimum absolute atomic E-state index is 0.0534. The summed E-state index contributed by atoms with van der Waals surface area (Å²) >= 11 is 0. The van der Waals surface area contributed by atoms with Crippen molar-refractivity contribution < 1.29 is 0 Å². The van der Waals surface area contributed by atoms with Crippen molar-refractivity contribution >= 4 is 10.8 Å². The summed E-state index contributed by atoms with van der Waals surface area (Å²) in [6.07, 6.45) is 0. The zero-order valence-electron chi connectivity index (χ0n) is 13.2. The summed E-state index contributed by atoms with van der Waals surface area (Å²) in [5.41, 5.74) is 8.54. The molecule has 1 aromatic heterocycles. The largest absolute Gasteiger partial charge is 0.324 e. The average Bonchev–Trinajstić information content (AvgIpc) is 2.57. The van der Waals surface area contributed by atoms with Crippen LogP contribution in [0.2, 0.25) is 0 Å². The molecule has 2 aromatic carbocycles. The molecule has 3 nitrogen and oxygen atoms in total. The molecule has 2 N–H and O–H groups in total. The van der Waals surface area contributed by atoms with Gasteiger partial charge in [0.25, 0.3) is 5.56 Å². The van der Waals surface area contributed by atoms with Gasteiger partial charge in [0.15, 0.2) is 0 Å². The van der Waals surface area contributed by atoms with E-state index in [9.17, 15) is 4.79 Å². The number of fused-ring (bicyclic) bond motifs is 1. The fourth-order valence-electron chi connectivity index (χ4n) is 2.63. The third kappa shape index (κ3) is 2.90. The summed E-state index contributed by atoms with van der Waals surface area (Å²) in [5.74, 6) is 6.20. The lowest BCUT2D eigenvalue weighted by molar-refractivity contribution is 0.822. The number of rotatable bonds is 1. The van der Waals surface area contributed by atoms with Crippen molar-refractivity contribution in [2.45, 2.75) is 13.0 Å². The van der Waals surface area contributed by atoms with E-state index in [4.69, 9.17) is 5.73 Å². The summed E-state index contributed by atoms with van der Waals surface area (Å²) in [7, 11) is 1.75. The molecule has 0 fully saturated rings. The van der Waals surface area contributed by atoms with E-state index < -0.39 is 0 Å². The lowest BCUT2D eigenvalue weighted by Gasteiger charge is -2.12. The number of nitrogens with two attached hydrogens (primary N) is 1. The molecule has 1 heterocycles. The standard InChI is InChI=1S/C20H18N2O/c1-14(21)17-9-6-10-18-19(17)13-16(22(2)20(18)23)12-11-15-7-4-3-5-8-15/h3-10,13-14H,21H2,1-2H3. The van der Waals surface area contributed by atoms with Crippen LogP contribution >= 0.6 is 0 Å². The number of pyridine rings is 1. The molecule has 0 bridgehead atoms. The second-order valence-corrected chi connectivity index (χ2v) is 5.61. The summed E-state index contributed by atoms with van der Waals surface area (Å²) in [4.78, 5) is 12.6. The van der Waals surface area contributed by atoms with E-state index in [-0.39, 0.29) is 11.6 Å². The lowest BCUT2D eigenvalue weighted by Crippen LogP contribution is -2.20. The molecule has 3 rings (SSSR count). The Labute approximate surface area is 135 Å². The predicted octanol–water partition coefficient (Wildman–Crippen LogP) is 2.96. The molecule has 0 saturated heterocycles. The van der Waals surface area contributed by atoms with Gasteiger partial charge >= 0.3 is 0 Å². The Morgan fingerprint density at radius 3 is 2.43 bits per heavy atom. The Kier molecular flexibility index (Phi) is 4.01. The first-order valence-corrected chi connectivity index (χ1v) is 7.53. The van der Waals surface area contributed by atoms with Crippen molar-refractivity contribution in [1.82, 2.24) is 4.57 Å². The van der Waals surface area contributed by atoms with Crippen LogP contribution in [-0.4, -0.2) is 4.57 Å². The van der Waals surface area contributed by atoms with Gasteiger partial charge in [-0.1, -0.05) is 36.3 Å². The van der Waals surface area contributed by atoms with Gasteiger partial charge in [-0.3, -0.25) is 4.79 Å². The van der Waals surface area contributed by atoms with Gasteiger partial charge in [-0.05, 0) is 48.1 Å². The highest BCUT2D eigenvalue weighted by molar-refractivity contribution is 5.86. The van der Waals surface area contributed by atoms with Crippen LogP contribution in [0.15, 0.2) is 59.4 Å². The number of hydrogen-bond acceptors (Lipinski definition) is 2. The summed E-state index contributed by atoms with van der Waals surface area (Å²) in [6.45, 7) is 1.92. The van der Waals surface area contributed by atoms with Crippen molar-refractivity contribution in [3.63, 3.8) is 0 Å². The second kappa shape index (κ2) is 6.12. The molecule has 0 aliphatic heterocycles. The second-order valence-electron chi connectivity index (χ2n) is 5.61. The van der Waals surface area contributed by atoms with Gasteiger partial charge in [0.05, 0.1) is 5.69 Å². The van der Waals surface area contributed by atoms with E-state index in [1.54, 1.807) is 11.6 Å². The first kappa shape index (κ1) is 15.1. The molecule has 114 valence electrons. The molecule has 1 unspecified atom stereocenters. The highest BCUT2D eigenvalue weighted by Gasteiger charge is 2.10. The van der Waals surface area contributed by atoms with Gasteiger partial charge in [0.1, 0.15) is 0 Å². The van der Waals surface area contributed by atoms with E-state index in [1.165, 1.54) is 0 Å². The van der Waals surface area contributed by atoms with E-state index in [0.29, 0.717) is 11.1 Å². The van der Waals surface area contributed by atoms with Gasteiger partial charge in [0, 0.05) is 24.0 Å². The molecule has 3 heteroatoms. The van der Waals surface area contributed by atoms with Crippen molar-refractivity contribution in [3.8, 4) is 11.8 Å². The minimum Gasteiger partial charge on any atom is -0.324 e. The zero-order valence-corrected chi connectivity index (χ0v) is 13.2. The van der Waals surface area contributed by atoms with E-state index in [2.05, 4.69) is 11.8 Å². The molecular formula is C20H18N2O. The van der Waals surface area contributed by atoms with Crippen LogP contribution in [0.3, 0.4) is 0 Å². The van der Waals surface area contributed by atoms with Gasteiger partial charge in [0.2, 0.25) is 0 Å². The molecule has 1 atom stereocenters. The highest BCUT2D eigenvalue weighted by atomic mass is 16.1. The molecule has 0 radical (unpaired) electrons. The Morgan fingerprint density at radius 2 is 1.74 bits per heavy atom. The quantitative estimate of drug-likeness (QED) is 0.703. The Morgan fingerprint density at radius 1 is 1.00 bits per heavy atom. The smallest absolute Gasteiger partial charge is 0.259 e. The zero-order chi connectivity index (χ0) is 16.4. The van der Waals surface area contributed by atoms with E-state index in [0.717, 1.165) is 16.5 Å². The third-order valence-corrected chi connectivity index (χ3v) is 3.92. The fraction of sp³-hybridized carbons (Fsp3) is 0.150. The molecule has 0 spiro atoms. The number of nitrogens with zero attached hydrogens (tertiary/aromatic N) is 1. The fourth-order valence-corrected chi connectivity index (χ4v) is 2.63. The van der Waals surface area contributed by atoms with Crippen molar-refractivity contribution in [2.24, 2.45) is 12.8 Å². The number of hydrogen-bond donors (Lipinski definition) is 1. The third-order valence-electron chi connectivity index (χ3n) is 3.92. The minimum atomic E-state index is -0.138. The normalized spacial score (nSPS) is 11.8. The summed E-state index contributed by atoms with van der Waals surface area (Å²) in [5, 5.41) is 1.55. The van der Waals surface area contributed by atoms with Gasteiger partial charge in [-0.2, -0.15) is 0 Å². The SMILES string of the molecule is CC(N)c1cccc2c(=O)n(C)c(C#Cc3ccccc3)cc12. The Hall–Kier alpha value is -2.83. The van der Waals surface area contributed by atoms with Gasteiger partial charge < -0.3 is 10.3 Å². The van der Waals surface area contributed by atoms with Crippen molar-refractivity contribution in [2.75, 3.05) is 0 Å². The first-order chi connectivity index (χ1) is 11.1. The molecule has 0 aliphatic carbocycles. The van der Waals surface area contributed by atoms with Crippen molar-refractivity contribution in [3.05, 3.63) is 81.8 Å². The summed E-state index contributed by atoms with van der Waals surface area (Å²) in [6, 6.07) is 17.2. The first-order valence-electron chi connectivity index (χ1n) is 7.53. The molecule has 0 amide bonds. The maximum absolute atomic E-state index is 12.6. The van der Waals surface area contributed by atoms with E-state index in [1.807, 2.05) is 61.5 Å². The molecule has 0 aliphatic rings. The van der Waals surface area contributed by atoms with Crippen LogP contribution in [0.25, 0.3) is 10.8 Å². The van der Waals surface area contributed by atoms with Crippen LogP contribution in [0.5, 0.6) is 0 Å². The molecule has 23 heavy (non-hydrogen) atoms. The van der Waals surface area contributed by atoms with Gasteiger partial charge in [-0.25, -0.2) is 0 Å². The van der Waals surface area contributed by atoms with E-state index >= 15 is 0 Å². The lowest BCUT2D eigenvalue weighted by atomic mass is 10.0. The van der Waals surface area contributed by atoms with Gasteiger partial charge in [-0.15, -0.1) is 0 Å². The van der Waals surface area contributed by atoms with Crippen LogP contribution in [0, 0.1) is 11.8 Å². The predicted molar refractivity (Wildman–Crippen MR) is 94.2 cm³/mol. The highest BCUT2D eigenvalue weighted by Crippen LogP contribution is 2.21. The molecule has 3 aromatic rings. The maximum atomic E-state index is 12.6. The van der Waals surface area contributed by atoms with Crippen molar-refractivity contribution in [1.29, 1.82) is 0 Å². The Bertz CT molecular complexity index is 973. The average molecular weight is 302 g/mol. The Balaban J connectivity index is 2.23. The maximum Gasteiger partial charge on any atom is 0.259 e. The molecule has 0 saturated carbocycles. The van der Waals surface area contributed by atoms with Crippen LogP contribution in [-0.2, 0) is 7.05 Å².